The van der Waals surface area contributed by atoms with E-state index in [1.54, 1.807) is 0 Å². The maximum Gasteiger partial charge on any atom is 0.328 e. The number of carbonyl (C=O) groups is 1. The Balaban J connectivity index is 2.68. The molecule has 1 aromatic heterocycles. The molecule has 0 spiro atoms. The minimum Gasteiger partial charge on any atom is -0.437 e. The van der Waals surface area contributed by atoms with Gasteiger partial charge in [0.2, 0.25) is 5.09 Å². The Morgan fingerprint density at radius 3 is 2.69 bits per heavy atom. The number of rotatable bonds is 5. The van der Waals surface area contributed by atoms with Crippen LogP contribution in [0.1, 0.15) is 30.3 Å². The molecule has 90 valence electrons. The summed E-state index contributed by atoms with van der Waals surface area (Å²) >= 11 is 0. The molecule has 0 aliphatic rings. The van der Waals surface area contributed by atoms with Crippen LogP contribution in [0.2, 0.25) is 0 Å². The van der Waals surface area contributed by atoms with Crippen LogP contribution in [-0.2, 0) is 10.1 Å². The normalized spacial score (nSPS) is 11.4. The summed E-state index contributed by atoms with van der Waals surface area (Å²) in [6.45, 7) is 2.48. The molecule has 0 aliphatic heterocycles. The zero-order chi connectivity index (χ0) is 12.2. The fourth-order valence-corrected chi connectivity index (χ4v) is 1.48. The molecule has 7 heteroatoms. The zero-order valence-electron chi connectivity index (χ0n) is 8.76. The highest BCUT2D eigenvalue weighted by molar-refractivity contribution is 7.85. The fraction of sp³-hybridized carbons (Fsp3) is 0.444. The predicted molar refractivity (Wildman–Crippen MR) is 55.8 cm³/mol. The lowest BCUT2D eigenvalue weighted by atomic mass is 10.3. The molecule has 0 saturated heterocycles. The molecule has 2 N–H and O–H groups in total. The molecule has 0 radical (unpaired) electrons. The van der Waals surface area contributed by atoms with Crippen molar-refractivity contribution in [3.63, 3.8) is 0 Å². The van der Waals surface area contributed by atoms with Crippen LogP contribution in [0.5, 0.6) is 0 Å². The van der Waals surface area contributed by atoms with Crippen molar-refractivity contribution in [3.8, 4) is 0 Å². The van der Waals surface area contributed by atoms with E-state index in [0.29, 0.717) is 6.54 Å². The molecule has 0 unspecified atom stereocenters. The molecule has 0 saturated carbocycles. The zero-order valence-corrected chi connectivity index (χ0v) is 9.58. The van der Waals surface area contributed by atoms with E-state index < -0.39 is 21.1 Å². The van der Waals surface area contributed by atoms with Crippen molar-refractivity contribution in [3.05, 3.63) is 17.9 Å². The summed E-state index contributed by atoms with van der Waals surface area (Å²) in [6, 6.07) is 2.23. The average molecular weight is 247 g/mol. The van der Waals surface area contributed by atoms with Gasteiger partial charge in [0, 0.05) is 6.54 Å². The van der Waals surface area contributed by atoms with E-state index >= 15 is 0 Å². The van der Waals surface area contributed by atoms with Crippen LogP contribution in [0.3, 0.4) is 0 Å². The monoisotopic (exact) mass is 247 g/mol. The van der Waals surface area contributed by atoms with Crippen molar-refractivity contribution in [2.75, 3.05) is 6.54 Å². The van der Waals surface area contributed by atoms with Crippen molar-refractivity contribution < 1.29 is 22.2 Å². The molecule has 0 bridgehead atoms. The fourth-order valence-electron chi connectivity index (χ4n) is 1.05. The number of furan rings is 1. The molecular weight excluding hydrogens is 234 g/mol. The molecule has 0 aromatic carbocycles. The van der Waals surface area contributed by atoms with E-state index in [1.807, 2.05) is 6.92 Å². The Bertz CT molecular complexity index is 462. The summed E-state index contributed by atoms with van der Waals surface area (Å²) in [5.74, 6) is -0.632. The van der Waals surface area contributed by atoms with E-state index in [2.05, 4.69) is 5.32 Å². The van der Waals surface area contributed by atoms with Crippen LogP contribution in [0.15, 0.2) is 21.6 Å². The van der Waals surface area contributed by atoms with Gasteiger partial charge in [-0.15, -0.1) is 0 Å². The highest BCUT2D eigenvalue weighted by Crippen LogP contribution is 2.13. The van der Waals surface area contributed by atoms with Gasteiger partial charge in [-0.05, 0) is 18.6 Å². The van der Waals surface area contributed by atoms with Crippen molar-refractivity contribution in [1.82, 2.24) is 5.32 Å². The first kappa shape index (κ1) is 12.7. The van der Waals surface area contributed by atoms with Gasteiger partial charge in [-0.25, -0.2) is 0 Å². The molecule has 0 aliphatic carbocycles. The van der Waals surface area contributed by atoms with Gasteiger partial charge in [0.05, 0.1) is 0 Å². The highest BCUT2D eigenvalue weighted by Gasteiger charge is 2.18. The smallest absolute Gasteiger partial charge is 0.328 e. The summed E-state index contributed by atoms with van der Waals surface area (Å²) in [4.78, 5) is 11.4. The van der Waals surface area contributed by atoms with Gasteiger partial charge < -0.3 is 9.73 Å². The molecule has 16 heavy (non-hydrogen) atoms. The molecule has 1 heterocycles. The molecule has 0 fully saturated rings. The van der Waals surface area contributed by atoms with Crippen LogP contribution in [-0.4, -0.2) is 25.4 Å². The number of unbranched alkanes of at least 4 members (excludes halogenated alkanes) is 1. The van der Waals surface area contributed by atoms with Crippen LogP contribution in [0.4, 0.5) is 0 Å². The minimum absolute atomic E-state index is 0.135. The van der Waals surface area contributed by atoms with E-state index in [-0.39, 0.29) is 5.76 Å². The van der Waals surface area contributed by atoms with Gasteiger partial charge in [-0.1, -0.05) is 13.3 Å². The van der Waals surface area contributed by atoms with Crippen LogP contribution >= 0.6 is 0 Å². The standard InChI is InChI=1S/C9H13NO5S/c1-2-3-6-10-9(11)7-4-5-8(15-7)16(12,13)14/h4-5H,2-3,6H2,1H3,(H,10,11)(H,12,13,14). The molecular formula is C9H13NO5S. The number of hydrogen-bond acceptors (Lipinski definition) is 4. The maximum atomic E-state index is 11.4. The van der Waals surface area contributed by atoms with Crippen molar-refractivity contribution >= 4 is 16.0 Å². The quantitative estimate of drug-likeness (QED) is 0.599. The third kappa shape index (κ3) is 3.35. The number of hydrogen-bond donors (Lipinski definition) is 2. The first-order valence-corrected chi connectivity index (χ1v) is 6.24. The first-order chi connectivity index (χ1) is 7.45. The highest BCUT2D eigenvalue weighted by atomic mass is 32.2. The minimum atomic E-state index is -4.39. The average Bonchev–Trinajstić information content (AvgIpc) is 2.66. The summed E-state index contributed by atoms with van der Waals surface area (Å²) < 4.78 is 34.7. The Hall–Kier alpha value is -1.34. The Labute approximate surface area is 93.4 Å². The molecule has 1 rings (SSSR count). The lowest BCUT2D eigenvalue weighted by Crippen LogP contribution is -2.23. The summed E-state index contributed by atoms with van der Waals surface area (Å²) in [6.07, 6.45) is 1.77. The lowest BCUT2D eigenvalue weighted by Gasteiger charge is -2.00. The SMILES string of the molecule is CCCCNC(=O)c1ccc(S(=O)(=O)O)o1. The van der Waals surface area contributed by atoms with Crippen molar-refractivity contribution in [1.29, 1.82) is 0 Å². The summed E-state index contributed by atoms with van der Waals surface area (Å²) in [5.41, 5.74) is 0. The van der Waals surface area contributed by atoms with E-state index in [0.717, 1.165) is 18.9 Å². The van der Waals surface area contributed by atoms with Gasteiger partial charge in [0.15, 0.2) is 5.76 Å². The van der Waals surface area contributed by atoms with Gasteiger partial charge in [0.1, 0.15) is 0 Å². The Kier molecular flexibility index (Phi) is 4.08. The molecule has 0 atom stereocenters. The van der Waals surface area contributed by atoms with Crippen LogP contribution < -0.4 is 5.32 Å². The topological polar surface area (TPSA) is 96.6 Å². The maximum absolute atomic E-state index is 11.4. The van der Waals surface area contributed by atoms with Crippen molar-refractivity contribution in [2.45, 2.75) is 24.9 Å². The molecule has 1 aromatic rings. The third-order valence-corrected chi connectivity index (χ3v) is 2.60. The number of nitrogens with one attached hydrogen (secondary N) is 1. The van der Waals surface area contributed by atoms with E-state index in [1.165, 1.54) is 6.07 Å². The Morgan fingerprint density at radius 1 is 1.50 bits per heavy atom. The van der Waals surface area contributed by atoms with Crippen LogP contribution in [0, 0.1) is 0 Å². The second-order valence-electron chi connectivity index (χ2n) is 3.20. The second kappa shape index (κ2) is 5.13. The first-order valence-electron chi connectivity index (χ1n) is 4.80. The molecule has 6 nitrogen and oxygen atoms in total. The number of amides is 1. The second-order valence-corrected chi connectivity index (χ2v) is 4.56. The molecule has 1 amide bonds. The Morgan fingerprint density at radius 2 is 2.19 bits per heavy atom. The van der Waals surface area contributed by atoms with Gasteiger partial charge in [0.25, 0.3) is 5.91 Å². The lowest BCUT2D eigenvalue weighted by molar-refractivity contribution is 0.0920. The van der Waals surface area contributed by atoms with Gasteiger partial charge in [-0.2, -0.15) is 8.42 Å². The number of carbonyl (C=O) groups excluding carboxylic acids is 1. The van der Waals surface area contributed by atoms with Gasteiger partial charge in [-0.3, -0.25) is 9.35 Å². The summed E-state index contributed by atoms with van der Waals surface area (Å²) in [5, 5.41) is 1.92. The summed E-state index contributed by atoms with van der Waals surface area (Å²) in [7, 11) is -4.39. The van der Waals surface area contributed by atoms with E-state index in [4.69, 9.17) is 8.97 Å². The third-order valence-electron chi connectivity index (χ3n) is 1.88. The van der Waals surface area contributed by atoms with Crippen LogP contribution in [0.25, 0.3) is 0 Å². The van der Waals surface area contributed by atoms with Crippen molar-refractivity contribution in [2.24, 2.45) is 0 Å². The van der Waals surface area contributed by atoms with Gasteiger partial charge >= 0.3 is 10.1 Å². The predicted octanol–water partition coefficient (Wildman–Crippen LogP) is 1.06. The van der Waals surface area contributed by atoms with E-state index in [9.17, 15) is 13.2 Å². The largest absolute Gasteiger partial charge is 0.437 e.